The fourth-order valence-electron chi connectivity index (χ4n) is 6.61. The van der Waals surface area contributed by atoms with Crippen LogP contribution in [-0.4, -0.2) is 93.6 Å². The minimum Gasteiger partial charge on any atom is -0.508 e. The molecule has 0 radical (unpaired) electrons. The predicted octanol–water partition coefficient (Wildman–Crippen LogP) is 0.507. The highest BCUT2D eigenvalue weighted by atomic mass is 16.7. The standard InChI is InChI=1S/C29H36O11/c1-14-18-9-10-29(2)20(39-28-25(35)24(34)23(33)19(12-30)38-28)8-5-16(22(29)26(18)40-27(14)36)13-37-21(32)11-15-3-6-17(31)7-4-15/h3-7,18-20,22-26,28,30-31,33-35H,1,8-13H2,2H3/t18-,19+,20+,22+,23+,24-,25+,26-,28-,29-/m0/s1. The van der Waals surface area contributed by atoms with E-state index in [-0.39, 0.29) is 30.6 Å². The summed E-state index contributed by atoms with van der Waals surface area (Å²) in [7, 11) is 0. The zero-order valence-corrected chi connectivity index (χ0v) is 22.2. The van der Waals surface area contributed by atoms with Crippen molar-refractivity contribution in [1.82, 2.24) is 0 Å². The van der Waals surface area contributed by atoms with Gasteiger partial charge in [0, 0.05) is 22.8 Å². The largest absolute Gasteiger partial charge is 0.508 e. The topological polar surface area (TPSA) is 172 Å². The third-order valence-electron chi connectivity index (χ3n) is 8.94. The molecule has 2 aliphatic carbocycles. The molecule has 0 unspecified atom stereocenters. The number of esters is 2. The van der Waals surface area contributed by atoms with E-state index in [1.807, 2.05) is 13.0 Å². The Morgan fingerprint density at radius 3 is 2.58 bits per heavy atom. The van der Waals surface area contributed by atoms with Crippen molar-refractivity contribution in [3.63, 3.8) is 0 Å². The summed E-state index contributed by atoms with van der Waals surface area (Å²) in [5.41, 5.74) is 1.25. The van der Waals surface area contributed by atoms with Gasteiger partial charge in [0.2, 0.25) is 0 Å². The number of fused-ring (bicyclic) bond motifs is 3. The van der Waals surface area contributed by atoms with Crippen LogP contribution in [0.25, 0.3) is 0 Å². The number of rotatable bonds is 7. The monoisotopic (exact) mass is 560 g/mol. The summed E-state index contributed by atoms with van der Waals surface area (Å²) in [5, 5.41) is 50.0. The lowest BCUT2D eigenvalue weighted by Crippen LogP contribution is -2.61. The molecule has 2 aliphatic heterocycles. The quantitative estimate of drug-likeness (QED) is 0.179. The lowest BCUT2D eigenvalue weighted by Gasteiger charge is -2.54. The zero-order chi connectivity index (χ0) is 28.8. The third kappa shape index (κ3) is 5.17. The van der Waals surface area contributed by atoms with Crippen LogP contribution < -0.4 is 0 Å². The second kappa shape index (κ2) is 11.2. The van der Waals surface area contributed by atoms with Crippen molar-refractivity contribution in [1.29, 1.82) is 0 Å². The Balaban J connectivity index is 1.36. The van der Waals surface area contributed by atoms with E-state index in [1.54, 1.807) is 12.1 Å². The van der Waals surface area contributed by atoms with E-state index in [4.69, 9.17) is 18.9 Å². The lowest BCUT2D eigenvalue weighted by atomic mass is 9.55. The van der Waals surface area contributed by atoms with Crippen LogP contribution in [0.15, 0.2) is 48.1 Å². The number of hydrogen-bond donors (Lipinski definition) is 5. The molecule has 0 amide bonds. The fourth-order valence-corrected chi connectivity index (χ4v) is 6.61. The third-order valence-corrected chi connectivity index (χ3v) is 8.94. The molecule has 2 saturated heterocycles. The van der Waals surface area contributed by atoms with Gasteiger partial charge in [-0.25, -0.2) is 4.79 Å². The molecule has 5 N–H and O–H groups in total. The van der Waals surface area contributed by atoms with Crippen LogP contribution in [-0.2, 0) is 35.0 Å². The van der Waals surface area contributed by atoms with Crippen LogP contribution in [0, 0.1) is 17.3 Å². The molecule has 1 aromatic carbocycles. The molecule has 5 rings (SSSR count). The average molecular weight is 561 g/mol. The summed E-state index contributed by atoms with van der Waals surface area (Å²) >= 11 is 0. The Kier molecular flexibility index (Phi) is 8.06. The summed E-state index contributed by atoms with van der Waals surface area (Å²) in [6, 6.07) is 6.28. The van der Waals surface area contributed by atoms with Crippen molar-refractivity contribution in [2.45, 2.75) is 75.5 Å². The van der Waals surface area contributed by atoms with E-state index in [9.17, 15) is 35.1 Å². The molecule has 10 atom stereocenters. The molecule has 4 aliphatic rings. The molecule has 3 fully saturated rings. The molecule has 0 spiro atoms. The maximum absolute atomic E-state index is 12.6. The minimum atomic E-state index is -1.57. The van der Waals surface area contributed by atoms with Crippen molar-refractivity contribution >= 4 is 11.9 Å². The van der Waals surface area contributed by atoms with Crippen LogP contribution in [0.5, 0.6) is 5.75 Å². The Bertz CT molecular complexity index is 1160. The fraction of sp³-hybridized carbons (Fsp3) is 0.586. The van der Waals surface area contributed by atoms with Crippen LogP contribution in [0.1, 0.15) is 31.7 Å². The van der Waals surface area contributed by atoms with E-state index < -0.39 is 66.9 Å². The highest BCUT2D eigenvalue weighted by Crippen LogP contribution is 2.57. The number of carbonyl (C=O) groups is 2. The molecule has 11 nitrogen and oxygen atoms in total. The Hall–Kier alpha value is -2.80. The van der Waals surface area contributed by atoms with Gasteiger partial charge in [0.25, 0.3) is 0 Å². The van der Waals surface area contributed by atoms with Crippen molar-refractivity contribution in [2.75, 3.05) is 13.2 Å². The summed E-state index contributed by atoms with van der Waals surface area (Å²) in [5.74, 6) is -1.40. The Morgan fingerprint density at radius 2 is 1.88 bits per heavy atom. The van der Waals surface area contributed by atoms with Gasteiger partial charge in [0.15, 0.2) is 6.29 Å². The van der Waals surface area contributed by atoms with Crippen molar-refractivity contribution in [3.8, 4) is 5.75 Å². The minimum absolute atomic E-state index is 0.0167. The van der Waals surface area contributed by atoms with Gasteiger partial charge in [-0.05, 0) is 42.5 Å². The second-order valence-corrected chi connectivity index (χ2v) is 11.4. The van der Waals surface area contributed by atoms with Gasteiger partial charge in [0.05, 0.1) is 19.1 Å². The van der Waals surface area contributed by atoms with Crippen LogP contribution in [0.2, 0.25) is 0 Å². The number of phenols is 1. The predicted molar refractivity (Wildman–Crippen MR) is 137 cm³/mol. The van der Waals surface area contributed by atoms with Gasteiger partial charge in [-0.2, -0.15) is 0 Å². The number of hydrogen-bond acceptors (Lipinski definition) is 11. The summed E-state index contributed by atoms with van der Waals surface area (Å²) in [6.45, 7) is 5.33. The number of phenolic OH excluding ortho intramolecular Hbond substituents is 1. The maximum atomic E-state index is 12.6. The number of aromatic hydroxyl groups is 1. The summed E-state index contributed by atoms with van der Waals surface area (Å²) in [6.07, 6.45) is -4.65. The molecule has 1 saturated carbocycles. The van der Waals surface area contributed by atoms with Crippen molar-refractivity contribution in [3.05, 3.63) is 53.6 Å². The first-order valence-corrected chi connectivity index (χ1v) is 13.5. The zero-order valence-electron chi connectivity index (χ0n) is 22.2. The van der Waals surface area contributed by atoms with Gasteiger partial charge < -0.3 is 44.5 Å². The normalized spacial score (nSPS) is 39.1. The first kappa shape index (κ1) is 28.7. The first-order valence-electron chi connectivity index (χ1n) is 13.5. The molecule has 11 heteroatoms. The van der Waals surface area contributed by atoms with Gasteiger partial charge in [-0.15, -0.1) is 0 Å². The number of carbonyl (C=O) groups excluding carboxylic acids is 2. The van der Waals surface area contributed by atoms with Crippen molar-refractivity contribution < 1.29 is 54.1 Å². The highest BCUT2D eigenvalue weighted by Gasteiger charge is 2.59. The van der Waals surface area contributed by atoms with E-state index >= 15 is 0 Å². The SMILES string of the molecule is C=C1C(=O)O[C@@H]2[C@H]3C(COC(=O)Cc4ccc(O)cc4)=CC[C@@H](O[C@@H]4O[C@H](CO)[C@@H](O)[C@H](O)[C@H]4O)[C@]3(C)CC[C@@H]12. The summed E-state index contributed by atoms with van der Waals surface area (Å²) in [4.78, 5) is 25.1. The molecule has 0 aromatic heterocycles. The lowest BCUT2D eigenvalue weighted by molar-refractivity contribution is -0.323. The van der Waals surface area contributed by atoms with E-state index in [0.29, 0.717) is 30.4 Å². The molecule has 1 aromatic rings. The number of ether oxygens (including phenoxy) is 4. The molecule has 2 heterocycles. The Morgan fingerprint density at radius 1 is 1.15 bits per heavy atom. The maximum Gasteiger partial charge on any atom is 0.334 e. The Labute approximate surface area is 231 Å². The van der Waals surface area contributed by atoms with Gasteiger partial charge >= 0.3 is 11.9 Å². The van der Waals surface area contributed by atoms with Crippen LogP contribution in [0.4, 0.5) is 0 Å². The second-order valence-electron chi connectivity index (χ2n) is 11.4. The number of aliphatic hydroxyl groups excluding tert-OH is 4. The molecule has 218 valence electrons. The van der Waals surface area contributed by atoms with Crippen molar-refractivity contribution in [2.24, 2.45) is 17.3 Å². The average Bonchev–Trinajstić information content (AvgIpc) is 3.22. The van der Waals surface area contributed by atoms with Gasteiger partial charge in [0.1, 0.15) is 42.9 Å². The van der Waals surface area contributed by atoms with E-state index in [1.165, 1.54) is 12.1 Å². The molecular formula is C29H36O11. The van der Waals surface area contributed by atoms with Gasteiger partial charge in [-0.3, -0.25) is 4.79 Å². The number of aliphatic hydroxyl groups is 4. The van der Waals surface area contributed by atoms with Gasteiger partial charge in [-0.1, -0.05) is 31.7 Å². The first-order chi connectivity index (χ1) is 19.0. The van der Waals surface area contributed by atoms with E-state index in [2.05, 4.69) is 6.58 Å². The summed E-state index contributed by atoms with van der Waals surface area (Å²) < 4.78 is 23.3. The number of benzene rings is 1. The van der Waals surface area contributed by atoms with Crippen LogP contribution in [0.3, 0.4) is 0 Å². The van der Waals surface area contributed by atoms with Crippen LogP contribution >= 0.6 is 0 Å². The van der Waals surface area contributed by atoms with E-state index in [0.717, 1.165) is 5.57 Å². The smallest absolute Gasteiger partial charge is 0.334 e. The molecular weight excluding hydrogens is 524 g/mol. The molecule has 40 heavy (non-hydrogen) atoms. The molecule has 0 bridgehead atoms. The highest BCUT2D eigenvalue weighted by molar-refractivity contribution is 5.91.